The van der Waals surface area contributed by atoms with Crippen molar-refractivity contribution in [1.82, 2.24) is 25.3 Å². The molecule has 0 spiro atoms. The van der Waals surface area contributed by atoms with Crippen LogP contribution in [0.2, 0.25) is 0 Å². The highest BCUT2D eigenvalue weighted by atomic mass is 16.5. The third-order valence-corrected chi connectivity index (χ3v) is 4.84. The summed E-state index contributed by atoms with van der Waals surface area (Å²) in [6.45, 7) is 1.31. The first-order chi connectivity index (χ1) is 12.2. The number of hydrogen-bond acceptors (Lipinski definition) is 4. The number of nitrogens with one attached hydrogen (secondary N) is 2. The van der Waals surface area contributed by atoms with Crippen molar-refractivity contribution in [2.45, 2.75) is 18.9 Å². The number of hydrogen-bond donors (Lipinski definition) is 2. The minimum Gasteiger partial charge on any atom is -0.372 e. The molecule has 1 aliphatic heterocycles. The molecule has 0 radical (unpaired) electrons. The molecule has 1 aromatic carbocycles. The van der Waals surface area contributed by atoms with Gasteiger partial charge < -0.3 is 10.1 Å². The first kappa shape index (κ1) is 15.8. The zero-order valence-electron chi connectivity index (χ0n) is 14.1. The molecule has 2 atom stereocenters. The topological polar surface area (TPSA) is 84.8 Å². The van der Waals surface area contributed by atoms with Gasteiger partial charge in [0.25, 0.3) is 5.91 Å². The van der Waals surface area contributed by atoms with Crippen LogP contribution in [0.15, 0.2) is 36.7 Å². The van der Waals surface area contributed by atoms with Gasteiger partial charge in [0.15, 0.2) is 0 Å². The first-order valence-corrected chi connectivity index (χ1v) is 8.54. The molecule has 1 fully saturated rings. The highest BCUT2D eigenvalue weighted by molar-refractivity contribution is 6.05. The van der Waals surface area contributed by atoms with E-state index in [1.165, 1.54) is 0 Å². The van der Waals surface area contributed by atoms with E-state index in [9.17, 15) is 4.79 Å². The van der Waals surface area contributed by atoms with Gasteiger partial charge in [0.05, 0.1) is 23.0 Å². The molecule has 1 amide bonds. The Morgan fingerprint density at radius 2 is 2.36 bits per heavy atom. The summed E-state index contributed by atoms with van der Waals surface area (Å²) in [6, 6.07) is 7.60. The maximum atomic E-state index is 12.6. The molecule has 7 nitrogen and oxygen atoms in total. The van der Waals surface area contributed by atoms with Crippen LogP contribution in [0, 0.1) is 5.92 Å². The molecule has 3 aromatic rings. The van der Waals surface area contributed by atoms with Gasteiger partial charge in [-0.3, -0.25) is 14.6 Å². The molecule has 0 unspecified atom stereocenters. The molecule has 2 N–H and O–H groups in total. The standard InChI is InChI=1S/C18H21N5O2/c1-23-15(7-8-21-23)17-13(5-3-9-25-17)10-19-18(24)14-6-2-4-12-11-20-22-16(12)14/h2,4,6-8,11,13,17H,3,5,9-10H2,1H3,(H,19,24)(H,20,22)/t13-,17+/m0/s1. The van der Waals surface area contributed by atoms with Crippen LogP contribution >= 0.6 is 0 Å². The van der Waals surface area contributed by atoms with Gasteiger partial charge in [0.1, 0.15) is 6.10 Å². The van der Waals surface area contributed by atoms with Gasteiger partial charge in [-0.2, -0.15) is 10.2 Å². The van der Waals surface area contributed by atoms with Gasteiger partial charge in [0.2, 0.25) is 0 Å². The Hall–Kier alpha value is -2.67. The van der Waals surface area contributed by atoms with Gasteiger partial charge >= 0.3 is 0 Å². The van der Waals surface area contributed by atoms with Crippen LogP contribution in [0.5, 0.6) is 0 Å². The number of nitrogens with zero attached hydrogens (tertiary/aromatic N) is 3. The summed E-state index contributed by atoms with van der Waals surface area (Å²) in [7, 11) is 1.92. The number of aromatic amines is 1. The monoisotopic (exact) mass is 339 g/mol. The zero-order chi connectivity index (χ0) is 17.2. The van der Waals surface area contributed by atoms with Crippen LogP contribution < -0.4 is 5.32 Å². The molecule has 25 heavy (non-hydrogen) atoms. The minimum atomic E-state index is -0.0934. The summed E-state index contributed by atoms with van der Waals surface area (Å²) >= 11 is 0. The van der Waals surface area contributed by atoms with Crippen LogP contribution in [0.4, 0.5) is 0 Å². The Morgan fingerprint density at radius 1 is 1.44 bits per heavy atom. The number of amides is 1. The van der Waals surface area contributed by atoms with Crippen molar-refractivity contribution in [2.24, 2.45) is 13.0 Å². The van der Waals surface area contributed by atoms with E-state index in [1.54, 1.807) is 12.4 Å². The Kier molecular flexibility index (Phi) is 4.23. The number of carbonyl (C=O) groups is 1. The number of carbonyl (C=O) groups excluding carboxylic acids is 1. The lowest BCUT2D eigenvalue weighted by molar-refractivity contribution is -0.0317. The maximum Gasteiger partial charge on any atom is 0.253 e. The van der Waals surface area contributed by atoms with Gasteiger partial charge in [-0.25, -0.2) is 0 Å². The van der Waals surface area contributed by atoms with Crippen LogP contribution in [-0.2, 0) is 11.8 Å². The van der Waals surface area contributed by atoms with Crippen LogP contribution in [0.25, 0.3) is 10.9 Å². The zero-order valence-corrected chi connectivity index (χ0v) is 14.1. The Bertz CT molecular complexity index is 884. The average molecular weight is 339 g/mol. The van der Waals surface area contributed by atoms with Crippen molar-refractivity contribution in [1.29, 1.82) is 0 Å². The van der Waals surface area contributed by atoms with E-state index in [1.807, 2.05) is 36.0 Å². The molecule has 0 aliphatic carbocycles. The second-order valence-corrected chi connectivity index (χ2v) is 6.42. The summed E-state index contributed by atoms with van der Waals surface area (Å²) < 4.78 is 7.83. The second-order valence-electron chi connectivity index (χ2n) is 6.42. The Balaban J connectivity index is 1.48. The molecule has 7 heteroatoms. The quantitative estimate of drug-likeness (QED) is 0.763. The highest BCUT2D eigenvalue weighted by Gasteiger charge is 2.30. The van der Waals surface area contributed by atoms with Crippen LogP contribution in [-0.4, -0.2) is 39.0 Å². The normalized spacial score (nSPS) is 20.7. The van der Waals surface area contributed by atoms with Crippen molar-refractivity contribution in [2.75, 3.05) is 13.2 Å². The van der Waals surface area contributed by atoms with E-state index in [2.05, 4.69) is 20.6 Å². The summed E-state index contributed by atoms with van der Waals surface area (Å²) in [6.07, 6.45) is 5.49. The van der Waals surface area contributed by atoms with Gasteiger partial charge in [0, 0.05) is 37.7 Å². The number of para-hydroxylation sites is 1. The molecule has 0 saturated carbocycles. The van der Waals surface area contributed by atoms with Crippen molar-refractivity contribution in [3.05, 3.63) is 47.9 Å². The van der Waals surface area contributed by atoms with Crippen molar-refractivity contribution >= 4 is 16.8 Å². The molecule has 4 rings (SSSR count). The predicted octanol–water partition coefficient (Wildman–Crippen LogP) is 2.19. The second kappa shape index (κ2) is 6.68. The smallest absolute Gasteiger partial charge is 0.253 e. The third kappa shape index (κ3) is 3.02. The lowest BCUT2D eigenvalue weighted by atomic mass is 9.92. The fraction of sp³-hybridized carbons (Fsp3) is 0.389. The summed E-state index contributed by atoms with van der Waals surface area (Å²) in [5.74, 6) is 0.137. The molecular weight excluding hydrogens is 318 g/mol. The number of rotatable bonds is 4. The predicted molar refractivity (Wildman–Crippen MR) is 93.1 cm³/mol. The van der Waals surface area contributed by atoms with Crippen molar-refractivity contribution in [3.8, 4) is 0 Å². The maximum absolute atomic E-state index is 12.6. The van der Waals surface area contributed by atoms with Crippen LogP contribution in [0.1, 0.15) is 35.0 Å². The average Bonchev–Trinajstić information content (AvgIpc) is 3.28. The van der Waals surface area contributed by atoms with E-state index >= 15 is 0 Å². The molecular formula is C18H21N5O2. The van der Waals surface area contributed by atoms with E-state index in [0.29, 0.717) is 12.1 Å². The summed E-state index contributed by atoms with van der Waals surface area (Å²) in [4.78, 5) is 12.6. The van der Waals surface area contributed by atoms with E-state index in [4.69, 9.17) is 4.74 Å². The molecule has 130 valence electrons. The molecule has 1 aliphatic rings. The minimum absolute atomic E-state index is 0.0375. The molecule has 3 heterocycles. The highest BCUT2D eigenvalue weighted by Crippen LogP contribution is 2.32. The van der Waals surface area contributed by atoms with E-state index in [-0.39, 0.29) is 17.9 Å². The largest absolute Gasteiger partial charge is 0.372 e. The van der Waals surface area contributed by atoms with Gasteiger partial charge in [-0.05, 0) is 25.0 Å². The number of H-pyrrole nitrogens is 1. The van der Waals surface area contributed by atoms with Crippen molar-refractivity contribution < 1.29 is 9.53 Å². The SMILES string of the molecule is Cn1nccc1[C@@H]1OCCC[C@H]1CNC(=O)c1cccc2cn[nH]c12. The Morgan fingerprint density at radius 3 is 3.20 bits per heavy atom. The van der Waals surface area contributed by atoms with Gasteiger partial charge in [-0.15, -0.1) is 0 Å². The lowest BCUT2D eigenvalue weighted by Crippen LogP contribution is -2.35. The fourth-order valence-corrected chi connectivity index (χ4v) is 3.52. The number of benzene rings is 1. The Labute approximate surface area is 145 Å². The lowest BCUT2D eigenvalue weighted by Gasteiger charge is -2.32. The molecule has 1 saturated heterocycles. The van der Waals surface area contributed by atoms with Crippen molar-refractivity contribution in [3.63, 3.8) is 0 Å². The molecule has 0 bridgehead atoms. The number of aromatic nitrogens is 4. The molecule has 2 aromatic heterocycles. The fourth-order valence-electron chi connectivity index (χ4n) is 3.52. The third-order valence-electron chi connectivity index (χ3n) is 4.84. The van der Waals surface area contributed by atoms with E-state index in [0.717, 1.165) is 36.0 Å². The first-order valence-electron chi connectivity index (χ1n) is 8.54. The van der Waals surface area contributed by atoms with Gasteiger partial charge in [-0.1, -0.05) is 12.1 Å². The summed E-state index contributed by atoms with van der Waals surface area (Å²) in [5, 5.41) is 15.1. The van der Waals surface area contributed by atoms with Crippen LogP contribution in [0.3, 0.4) is 0 Å². The summed E-state index contributed by atoms with van der Waals surface area (Å²) in [5.41, 5.74) is 2.43. The number of ether oxygens (including phenoxy) is 1. The van der Waals surface area contributed by atoms with E-state index < -0.39 is 0 Å². The number of fused-ring (bicyclic) bond motifs is 1. The number of aryl methyl sites for hydroxylation is 1.